The van der Waals surface area contributed by atoms with Gasteiger partial charge in [0.1, 0.15) is 10.8 Å². The highest BCUT2D eigenvalue weighted by Gasteiger charge is 2.09. The molecule has 2 aromatic rings. The molecule has 0 saturated heterocycles. The Hall–Kier alpha value is -1.42. The zero-order chi connectivity index (χ0) is 15.4. The molecular weight excluding hydrogens is 333 g/mol. The number of rotatable bonds is 4. The Kier molecular flexibility index (Phi) is 5.34. The number of halogens is 3. The van der Waals surface area contributed by atoms with Gasteiger partial charge in [-0.1, -0.05) is 46.9 Å². The molecule has 1 amide bonds. The van der Waals surface area contributed by atoms with Crippen molar-refractivity contribution < 1.29 is 9.53 Å². The Labute approximate surface area is 137 Å². The predicted octanol–water partition coefficient (Wildman–Crippen LogP) is 4.97. The van der Waals surface area contributed by atoms with Crippen molar-refractivity contribution in [2.24, 2.45) is 0 Å². The van der Waals surface area contributed by atoms with E-state index in [1.807, 2.05) is 13.0 Å². The van der Waals surface area contributed by atoms with Gasteiger partial charge in [-0.25, -0.2) is 0 Å². The fourth-order valence-electron chi connectivity index (χ4n) is 1.65. The Morgan fingerprint density at radius 3 is 2.71 bits per heavy atom. The fourth-order valence-corrected chi connectivity index (χ4v) is 2.17. The molecule has 0 aliphatic heterocycles. The van der Waals surface area contributed by atoms with E-state index in [4.69, 9.17) is 39.5 Å². The van der Waals surface area contributed by atoms with Gasteiger partial charge in [-0.15, -0.1) is 0 Å². The number of anilines is 1. The topological polar surface area (TPSA) is 38.3 Å². The maximum absolute atomic E-state index is 11.9. The van der Waals surface area contributed by atoms with Crippen molar-refractivity contribution >= 4 is 46.4 Å². The lowest BCUT2D eigenvalue weighted by Crippen LogP contribution is -2.20. The number of ether oxygens (including phenoxy) is 1. The number of hydrogen-bond donors (Lipinski definition) is 1. The molecule has 0 fully saturated rings. The monoisotopic (exact) mass is 343 g/mol. The normalized spacial score (nSPS) is 10.3. The molecule has 2 rings (SSSR count). The van der Waals surface area contributed by atoms with E-state index >= 15 is 0 Å². The molecule has 0 aromatic heterocycles. The van der Waals surface area contributed by atoms with Gasteiger partial charge >= 0.3 is 0 Å². The molecule has 0 aliphatic rings. The molecule has 0 aliphatic carbocycles. The van der Waals surface area contributed by atoms with E-state index in [2.05, 4.69) is 5.32 Å². The standard InChI is InChI=1S/C15H12Cl3NO2/c1-9-5-6-10(16)7-12(9)19-14(20)8-21-13-4-2-3-11(17)15(13)18/h2-7H,8H2,1H3,(H,19,20). The van der Waals surface area contributed by atoms with Gasteiger partial charge in [-0.2, -0.15) is 0 Å². The highest BCUT2D eigenvalue weighted by molar-refractivity contribution is 6.42. The van der Waals surface area contributed by atoms with Crippen molar-refractivity contribution in [1.29, 1.82) is 0 Å². The summed E-state index contributed by atoms with van der Waals surface area (Å²) in [5.41, 5.74) is 1.56. The maximum atomic E-state index is 11.9. The first-order chi connectivity index (χ1) is 9.97. The molecule has 0 heterocycles. The van der Waals surface area contributed by atoms with Gasteiger partial charge in [-0.3, -0.25) is 4.79 Å². The van der Waals surface area contributed by atoms with Crippen molar-refractivity contribution in [3.05, 3.63) is 57.0 Å². The Morgan fingerprint density at radius 2 is 1.95 bits per heavy atom. The van der Waals surface area contributed by atoms with Crippen LogP contribution >= 0.6 is 34.8 Å². The molecule has 21 heavy (non-hydrogen) atoms. The average molecular weight is 345 g/mol. The SMILES string of the molecule is Cc1ccc(Cl)cc1NC(=O)COc1cccc(Cl)c1Cl. The third-order valence-electron chi connectivity index (χ3n) is 2.75. The second kappa shape index (κ2) is 7.03. The Balaban J connectivity index is 1.99. The summed E-state index contributed by atoms with van der Waals surface area (Å²) < 4.78 is 5.36. The lowest BCUT2D eigenvalue weighted by molar-refractivity contribution is -0.118. The van der Waals surface area contributed by atoms with E-state index in [9.17, 15) is 4.79 Å². The van der Waals surface area contributed by atoms with Gasteiger partial charge in [0.15, 0.2) is 6.61 Å². The van der Waals surface area contributed by atoms with Gasteiger partial charge in [0.25, 0.3) is 5.91 Å². The van der Waals surface area contributed by atoms with Crippen molar-refractivity contribution in [2.75, 3.05) is 11.9 Å². The summed E-state index contributed by atoms with van der Waals surface area (Å²) in [5.74, 6) is 0.0542. The Morgan fingerprint density at radius 1 is 1.19 bits per heavy atom. The third kappa shape index (κ3) is 4.27. The van der Waals surface area contributed by atoms with E-state index in [1.165, 1.54) is 0 Å². The summed E-state index contributed by atoms with van der Waals surface area (Å²) in [6.07, 6.45) is 0. The molecule has 0 bridgehead atoms. The molecule has 2 aromatic carbocycles. The van der Waals surface area contributed by atoms with E-state index in [1.54, 1.807) is 30.3 Å². The molecule has 0 unspecified atom stereocenters. The molecule has 3 nitrogen and oxygen atoms in total. The number of amides is 1. The minimum absolute atomic E-state index is 0.175. The van der Waals surface area contributed by atoms with Gasteiger partial charge < -0.3 is 10.1 Å². The largest absolute Gasteiger partial charge is 0.482 e. The van der Waals surface area contributed by atoms with Crippen molar-refractivity contribution in [1.82, 2.24) is 0 Å². The second-order valence-corrected chi connectivity index (χ2v) is 5.57. The minimum Gasteiger partial charge on any atom is -0.482 e. The van der Waals surface area contributed by atoms with Gasteiger partial charge in [0, 0.05) is 10.7 Å². The van der Waals surface area contributed by atoms with Gasteiger partial charge in [-0.05, 0) is 36.8 Å². The molecule has 0 atom stereocenters. The smallest absolute Gasteiger partial charge is 0.262 e. The van der Waals surface area contributed by atoms with Crippen LogP contribution in [0.4, 0.5) is 5.69 Å². The summed E-state index contributed by atoms with van der Waals surface area (Å²) in [4.78, 5) is 11.9. The first-order valence-electron chi connectivity index (χ1n) is 6.10. The number of hydrogen-bond acceptors (Lipinski definition) is 2. The molecular formula is C15H12Cl3NO2. The second-order valence-electron chi connectivity index (χ2n) is 4.35. The van der Waals surface area contributed by atoms with Crippen LogP contribution in [0.15, 0.2) is 36.4 Å². The van der Waals surface area contributed by atoms with Crippen LogP contribution in [0.25, 0.3) is 0 Å². The van der Waals surface area contributed by atoms with E-state index in [0.717, 1.165) is 5.56 Å². The van der Waals surface area contributed by atoms with Crippen LogP contribution in [0, 0.1) is 6.92 Å². The first-order valence-corrected chi connectivity index (χ1v) is 7.23. The number of carbonyl (C=O) groups is 1. The number of carbonyl (C=O) groups excluding carboxylic acids is 1. The fraction of sp³-hybridized carbons (Fsp3) is 0.133. The molecule has 1 N–H and O–H groups in total. The van der Waals surface area contributed by atoms with Crippen molar-refractivity contribution in [3.63, 3.8) is 0 Å². The highest BCUT2D eigenvalue weighted by Crippen LogP contribution is 2.31. The zero-order valence-electron chi connectivity index (χ0n) is 11.1. The summed E-state index contributed by atoms with van der Waals surface area (Å²) in [5, 5.41) is 3.94. The summed E-state index contributed by atoms with van der Waals surface area (Å²) in [6, 6.07) is 10.3. The van der Waals surface area contributed by atoms with E-state index in [-0.39, 0.29) is 17.5 Å². The van der Waals surface area contributed by atoms with Crippen LogP contribution < -0.4 is 10.1 Å². The summed E-state index contributed by atoms with van der Waals surface area (Å²) >= 11 is 17.7. The van der Waals surface area contributed by atoms with Crippen LogP contribution in [-0.2, 0) is 4.79 Å². The van der Waals surface area contributed by atoms with Crippen LogP contribution in [0.2, 0.25) is 15.1 Å². The third-order valence-corrected chi connectivity index (χ3v) is 3.79. The molecule has 0 radical (unpaired) electrons. The van der Waals surface area contributed by atoms with Crippen LogP contribution in [0.5, 0.6) is 5.75 Å². The van der Waals surface area contributed by atoms with E-state index < -0.39 is 0 Å². The van der Waals surface area contributed by atoms with Crippen LogP contribution in [-0.4, -0.2) is 12.5 Å². The zero-order valence-corrected chi connectivity index (χ0v) is 13.4. The van der Waals surface area contributed by atoms with Crippen molar-refractivity contribution in [3.8, 4) is 5.75 Å². The van der Waals surface area contributed by atoms with Crippen molar-refractivity contribution in [2.45, 2.75) is 6.92 Å². The Bertz CT molecular complexity index is 674. The first kappa shape index (κ1) is 16.0. The minimum atomic E-state index is -0.309. The molecule has 6 heteroatoms. The number of benzene rings is 2. The predicted molar refractivity (Wildman–Crippen MR) is 86.8 cm³/mol. The number of nitrogens with one attached hydrogen (secondary N) is 1. The summed E-state index contributed by atoms with van der Waals surface area (Å²) in [7, 11) is 0. The van der Waals surface area contributed by atoms with Crippen LogP contribution in [0.1, 0.15) is 5.56 Å². The van der Waals surface area contributed by atoms with Gasteiger partial charge in [0.05, 0.1) is 5.02 Å². The average Bonchev–Trinajstić information content (AvgIpc) is 2.44. The maximum Gasteiger partial charge on any atom is 0.262 e. The lowest BCUT2D eigenvalue weighted by Gasteiger charge is -2.11. The van der Waals surface area contributed by atoms with Gasteiger partial charge in [0.2, 0.25) is 0 Å². The van der Waals surface area contributed by atoms with Crippen LogP contribution in [0.3, 0.4) is 0 Å². The highest BCUT2D eigenvalue weighted by atomic mass is 35.5. The quantitative estimate of drug-likeness (QED) is 0.850. The molecule has 0 saturated carbocycles. The molecule has 110 valence electrons. The number of aryl methyl sites for hydroxylation is 1. The lowest BCUT2D eigenvalue weighted by atomic mass is 10.2. The van der Waals surface area contributed by atoms with E-state index in [0.29, 0.717) is 21.5 Å². The molecule has 0 spiro atoms. The summed E-state index contributed by atoms with van der Waals surface area (Å²) in [6.45, 7) is 1.70.